The number of thioether (sulfide) groups is 1. The molecule has 4 rings (SSSR count). The van der Waals surface area contributed by atoms with Gasteiger partial charge >= 0.3 is 0 Å². The number of amides is 3. The van der Waals surface area contributed by atoms with Crippen LogP contribution in [0.1, 0.15) is 29.2 Å². The first kappa shape index (κ1) is 26.0. The van der Waals surface area contributed by atoms with Crippen molar-refractivity contribution >= 4 is 40.6 Å². The summed E-state index contributed by atoms with van der Waals surface area (Å²) in [6, 6.07) is 20.8. The highest BCUT2D eigenvalue weighted by molar-refractivity contribution is 8.18. The first-order valence-electron chi connectivity index (χ1n) is 11.9. The van der Waals surface area contributed by atoms with Gasteiger partial charge in [0.15, 0.2) is 11.5 Å². The number of rotatable bonds is 9. The van der Waals surface area contributed by atoms with Crippen LogP contribution < -0.4 is 14.8 Å². The van der Waals surface area contributed by atoms with Crippen LogP contribution in [0.5, 0.6) is 11.5 Å². The van der Waals surface area contributed by atoms with Gasteiger partial charge in [-0.25, -0.2) is 0 Å². The van der Waals surface area contributed by atoms with E-state index in [4.69, 9.17) is 9.47 Å². The minimum atomic E-state index is -0.506. The highest BCUT2D eigenvalue weighted by Gasteiger charge is 2.36. The number of nitrogens with one attached hydrogen (secondary N) is 1. The second-order valence-corrected chi connectivity index (χ2v) is 9.54. The molecule has 7 nitrogen and oxygen atoms in total. The van der Waals surface area contributed by atoms with E-state index in [1.807, 2.05) is 63.2 Å². The number of hydrogen-bond donors (Lipinski definition) is 1. The lowest BCUT2D eigenvalue weighted by Gasteiger charge is -2.14. The summed E-state index contributed by atoms with van der Waals surface area (Å²) in [6.07, 6.45) is 1.62. The van der Waals surface area contributed by atoms with Crippen molar-refractivity contribution in [3.63, 3.8) is 0 Å². The minimum Gasteiger partial charge on any atom is -0.490 e. The summed E-state index contributed by atoms with van der Waals surface area (Å²) in [7, 11) is 0. The SMILES string of the molecule is CCOc1cc(/C=C2/SC(=O)N(CC(=O)Nc3ccc(C)cc3C)C2=O)ccc1OCc1ccccc1. The van der Waals surface area contributed by atoms with E-state index in [2.05, 4.69) is 5.32 Å². The minimum absolute atomic E-state index is 0.240. The fourth-order valence-electron chi connectivity index (χ4n) is 3.81. The molecule has 1 heterocycles. The summed E-state index contributed by atoms with van der Waals surface area (Å²) in [5, 5.41) is 2.29. The standard InChI is InChI=1S/C29H28N2O5S/c1-4-35-25-15-22(11-13-24(25)36-18-21-8-6-5-7-9-21)16-26-28(33)31(29(34)37-26)17-27(32)30-23-12-10-19(2)14-20(23)3/h5-16H,4,17-18H2,1-3H3,(H,30,32)/b26-16+. The van der Waals surface area contributed by atoms with E-state index in [0.717, 1.165) is 33.4 Å². The van der Waals surface area contributed by atoms with Crippen LogP contribution in [-0.4, -0.2) is 35.1 Å². The third-order valence-corrected chi connectivity index (χ3v) is 6.54. The molecular weight excluding hydrogens is 488 g/mol. The number of ether oxygens (including phenoxy) is 2. The van der Waals surface area contributed by atoms with Gasteiger partial charge in [0.1, 0.15) is 13.2 Å². The Hall–Kier alpha value is -4.04. The fraction of sp³-hybridized carbons (Fsp3) is 0.207. The van der Waals surface area contributed by atoms with Crippen LogP contribution in [0.15, 0.2) is 71.6 Å². The predicted molar refractivity (Wildman–Crippen MR) is 146 cm³/mol. The molecule has 0 spiro atoms. The van der Waals surface area contributed by atoms with Gasteiger partial charge in [-0.1, -0.05) is 54.1 Å². The Balaban J connectivity index is 1.45. The van der Waals surface area contributed by atoms with Crippen LogP contribution in [0.2, 0.25) is 0 Å². The molecule has 0 radical (unpaired) electrons. The molecule has 1 aliphatic rings. The van der Waals surface area contributed by atoms with E-state index in [-0.39, 0.29) is 11.4 Å². The molecule has 0 unspecified atom stereocenters. The largest absolute Gasteiger partial charge is 0.490 e. The lowest BCUT2D eigenvalue weighted by molar-refractivity contribution is -0.127. The Labute approximate surface area is 220 Å². The molecule has 3 aromatic rings. The monoisotopic (exact) mass is 516 g/mol. The third kappa shape index (κ3) is 6.59. The number of carbonyl (C=O) groups excluding carboxylic acids is 3. The van der Waals surface area contributed by atoms with Crippen molar-refractivity contribution in [2.75, 3.05) is 18.5 Å². The topological polar surface area (TPSA) is 84.9 Å². The van der Waals surface area contributed by atoms with Gasteiger partial charge in [-0.3, -0.25) is 19.3 Å². The lowest BCUT2D eigenvalue weighted by Crippen LogP contribution is -2.36. The average Bonchev–Trinajstić information content (AvgIpc) is 3.13. The zero-order valence-corrected chi connectivity index (χ0v) is 21.8. The summed E-state index contributed by atoms with van der Waals surface area (Å²) in [5.41, 5.74) is 4.35. The number of aryl methyl sites for hydroxylation is 2. The van der Waals surface area contributed by atoms with E-state index in [0.29, 0.717) is 36.0 Å². The maximum Gasteiger partial charge on any atom is 0.294 e. The Morgan fingerprint density at radius 1 is 0.973 bits per heavy atom. The van der Waals surface area contributed by atoms with Crippen molar-refractivity contribution in [2.45, 2.75) is 27.4 Å². The van der Waals surface area contributed by atoms with Gasteiger partial charge in [-0.15, -0.1) is 0 Å². The van der Waals surface area contributed by atoms with E-state index in [1.165, 1.54) is 0 Å². The van der Waals surface area contributed by atoms with Crippen molar-refractivity contribution in [1.82, 2.24) is 4.90 Å². The Kier molecular flexibility index (Phi) is 8.30. The quantitative estimate of drug-likeness (QED) is 0.354. The van der Waals surface area contributed by atoms with E-state index in [1.54, 1.807) is 30.3 Å². The molecule has 3 aromatic carbocycles. The zero-order valence-electron chi connectivity index (χ0n) is 20.9. The molecule has 0 aromatic heterocycles. The van der Waals surface area contributed by atoms with Gasteiger partial charge in [-0.2, -0.15) is 0 Å². The Bertz CT molecular complexity index is 1350. The first-order valence-corrected chi connectivity index (χ1v) is 12.7. The maximum atomic E-state index is 12.9. The number of nitrogens with zero attached hydrogens (tertiary/aromatic N) is 1. The summed E-state index contributed by atoms with van der Waals surface area (Å²) >= 11 is 0.807. The van der Waals surface area contributed by atoms with E-state index in [9.17, 15) is 14.4 Å². The summed E-state index contributed by atoms with van der Waals surface area (Å²) in [6.45, 7) is 6.21. The number of anilines is 1. The lowest BCUT2D eigenvalue weighted by atomic mass is 10.1. The summed E-state index contributed by atoms with van der Waals surface area (Å²) < 4.78 is 11.7. The smallest absolute Gasteiger partial charge is 0.294 e. The van der Waals surface area contributed by atoms with Crippen molar-refractivity contribution in [3.05, 3.63) is 93.9 Å². The molecule has 1 fully saturated rings. The van der Waals surface area contributed by atoms with Crippen LogP contribution in [0.25, 0.3) is 6.08 Å². The fourth-order valence-corrected chi connectivity index (χ4v) is 4.65. The van der Waals surface area contributed by atoms with Crippen LogP contribution in [0, 0.1) is 13.8 Å². The van der Waals surface area contributed by atoms with Gasteiger partial charge < -0.3 is 14.8 Å². The maximum absolute atomic E-state index is 12.9. The molecule has 3 amide bonds. The van der Waals surface area contributed by atoms with E-state index >= 15 is 0 Å². The van der Waals surface area contributed by atoms with Crippen molar-refractivity contribution in [3.8, 4) is 11.5 Å². The number of hydrogen-bond acceptors (Lipinski definition) is 6. The highest BCUT2D eigenvalue weighted by Crippen LogP contribution is 2.35. The molecule has 37 heavy (non-hydrogen) atoms. The van der Waals surface area contributed by atoms with Gasteiger partial charge in [0.25, 0.3) is 11.1 Å². The number of benzene rings is 3. The molecule has 1 aliphatic heterocycles. The molecule has 0 atom stereocenters. The van der Waals surface area contributed by atoms with Crippen molar-refractivity contribution in [2.24, 2.45) is 0 Å². The van der Waals surface area contributed by atoms with Crippen LogP contribution in [0.3, 0.4) is 0 Å². The van der Waals surface area contributed by atoms with Gasteiger partial charge in [0, 0.05) is 5.69 Å². The molecule has 190 valence electrons. The van der Waals surface area contributed by atoms with E-state index < -0.39 is 17.1 Å². The van der Waals surface area contributed by atoms with Crippen LogP contribution in [-0.2, 0) is 16.2 Å². The molecule has 8 heteroatoms. The summed E-state index contributed by atoms with van der Waals surface area (Å²) in [5.74, 6) is 0.181. The molecule has 0 bridgehead atoms. The Morgan fingerprint density at radius 2 is 1.76 bits per heavy atom. The van der Waals surface area contributed by atoms with Crippen molar-refractivity contribution in [1.29, 1.82) is 0 Å². The average molecular weight is 517 g/mol. The van der Waals surface area contributed by atoms with Gasteiger partial charge in [-0.05, 0) is 73.5 Å². The first-order chi connectivity index (χ1) is 17.8. The normalized spacial score (nSPS) is 14.2. The van der Waals surface area contributed by atoms with Crippen molar-refractivity contribution < 1.29 is 23.9 Å². The number of carbonyl (C=O) groups is 3. The van der Waals surface area contributed by atoms with Crippen LogP contribution in [0.4, 0.5) is 10.5 Å². The highest BCUT2D eigenvalue weighted by atomic mass is 32.2. The molecule has 1 saturated heterocycles. The molecule has 0 aliphatic carbocycles. The number of imide groups is 1. The molecule has 1 N–H and O–H groups in total. The zero-order chi connectivity index (χ0) is 26.4. The predicted octanol–water partition coefficient (Wildman–Crippen LogP) is 5.96. The molecule has 0 saturated carbocycles. The second-order valence-electron chi connectivity index (χ2n) is 8.55. The van der Waals surface area contributed by atoms with Gasteiger partial charge in [0.05, 0.1) is 11.5 Å². The second kappa shape index (κ2) is 11.8. The van der Waals surface area contributed by atoms with Gasteiger partial charge in [0.2, 0.25) is 5.91 Å². The summed E-state index contributed by atoms with van der Waals surface area (Å²) in [4.78, 5) is 39.2. The Morgan fingerprint density at radius 3 is 2.49 bits per heavy atom. The third-order valence-electron chi connectivity index (χ3n) is 5.63. The molecular formula is C29H28N2O5S. The van der Waals surface area contributed by atoms with Crippen LogP contribution >= 0.6 is 11.8 Å².